The van der Waals surface area contributed by atoms with Crippen LogP contribution in [0.15, 0.2) is 35.4 Å². The second-order valence-electron chi connectivity index (χ2n) is 9.23. The van der Waals surface area contributed by atoms with Gasteiger partial charge in [0.2, 0.25) is 0 Å². The second kappa shape index (κ2) is 7.29. The lowest BCUT2D eigenvalue weighted by molar-refractivity contribution is 0.140. The summed E-state index contributed by atoms with van der Waals surface area (Å²) in [4.78, 5) is 13.2. The minimum Gasteiger partial charge on any atom is -0.333 e. The number of rotatable bonds is 5. The summed E-state index contributed by atoms with van der Waals surface area (Å²) in [6.45, 7) is 6.53. The van der Waals surface area contributed by atoms with Crippen molar-refractivity contribution < 1.29 is 4.79 Å². The fraction of sp³-hybridized carbons (Fsp3) is 0.652. The Kier molecular flexibility index (Phi) is 5.00. The molecule has 4 nitrogen and oxygen atoms in total. The molecule has 4 heteroatoms. The lowest BCUT2D eigenvalue weighted by atomic mass is 9.78. The molecule has 4 atom stereocenters. The largest absolute Gasteiger partial charge is 0.338 e. The quantitative estimate of drug-likeness (QED) is 0.753. The number of unbranched alkanes of at least 4 members (excludes halogenated alkanes) is 1. The molecule has 1 aromatic rings. The van der Waals surface area contributed by atoms with Crippen LogP contribution in [0.5, 0.6) is 0 Å². The van der Waals surface area contributed by atoms with Gasteiger partial charge in [-0.05, 0) is 63.4 Å². The van der Waals surface area contributed by atoms with Gasteiger partial charge in [-0.15, -0.1) is 0 Å². The van der Waals surface area contributed by atoms with E-state index in [1.165, 1.54) is 24.8 Å². The van der Waals surface area contributed by atoms with E-state index in [1.807, 2.05) is 6.07 Å². The zero-order valence-electron chi connectivity index (χ0n) is 16.9. The number of carbonyl (C=O) groups is 1. The molecule has 3 aliphatic rings. The van der Waals surface area contributed by atoms with Gasteiger partial charge in [0.25, 0.3) is 0 Å². The Morgan fingerprint density at radius 3 is 2.63 bits per heavy atom. The van der Waals surface area contributed by atoms with Crippen LogP contribution >= 0.6 is 0 Å². The summed E-state index contributed by atoms with van der Waals surface area (Å²) in [5.74, 6) is 1.67. The van der Waals surface area contributed by atoms with E-state index in [1.54, 1.807) is 5.01 Å². The maximum atomic E-state index is 13.2. The predicted molar refractivity (Wildman–Crippen MR) is 110 cm³/mol. The van der Waals surface area contributed by atoms with Gasteiger partial charge in [0.05, 0.1) is 5.54 Å². The van der Waals surface area contributed by atoms with E-state index in [-0.39, 0.29) is 17.5 Å². The van der Waals surface area contributed by atoms with Crippen molar-refractivity contribution in [2.45, 2.75) is 83.2 Å². The monoisotopic (exact) mass is 367 g/mol. The number of urea groups is 1. The van der Waals surface area contributed by atoms with Crippen LogP contribution in [0.2, 0.25) is 0 Å². The third-order valence-electron chi connectivity index (χ3n) is 6.97. The summed E-state index contributed by atoms with van der Waals surface area (Å²) in [6, 6.07) is 10.9. The van der Waals surface area contributed by atoms with Gasteiger partial charge in [-0.25, -0.2) is 9.80 Å². The second-order valence-corrected chi connectivity index (χ2v) is 9.23. The van der Waals surface area contributed by atoms with Crippen molar-refractivity contribution in [1.82, 2.24) is 10.3 Å². The molecule has 1 heterocycles. The van der Waals surface area contributed by atoms with Crippen LogP contribution in [-0.2, 0) is 0 Å². The molecule has 2 bridgehead atoms. The average Bonchev–Trinajstić information content (AvgIpc) is 3.33. The third-order valence-corrected chi connectivity index (χ3v) is 6.97. The number of carbonyl (C=O) groups excluding carboxylic acids is 1. The fourth-order valence-electron chi connectivity index (χ4n) is 5.59. The molecule has 4 rings (SSSR count). The highest BCUT2D eigenvalue weighted by Crippen LogP contribution is 2.45. The van der Waals surface area contributed by atoms with Crippen LogP contribution in [0.1, 0.15) is 77.2 Å². The fourth-order valence-corrected chi connectivity index (χ4v) is 5.59. The summed E-state index contributed by atoms with van der Waals surface area (Å²) in [5, 5.41) is 9.97. The highest BCUT2D eigenvalue weighted by molar-refractivity contribution is 5.96. The maximum Gasteiger partial charge on any atom is 0.338 e. The minimum atomic E-state index is -0.355. The topological polar surface area (TPSA) is 44.7 Å². The zero-order chi connectivity index (χ0) is 19.0. The van der Waals surface area contributed by atoms with E-state index in [0.717, 1.165) is 37.3 Å². The van der Waals surface area contributed by atoms with Crippen molar-refractivity contribution in [2.24, 2.45) is 16.9 Å². The number of nitrogens with one attached hydrogen (secondary N) is 1. The first kappa shape index (κ1) is 18.5. The molecule has 146 valence electrons. The Balaban J connectivity index is 1.56. The number of hydrogen-bond donors (Lipinski definition) is 1. The Morgan fingerprint density at radius 2 is 2.00 bits per heavy atom. The van der Waals surface area contributed by atoms with E-state index < -0.39 is 0 Å². The van der Waals surface area contributed by atoms with Gasteiger partial charge in [-0.1, -0.05) is 50.1 Å². The van der Waals surface area contributed by atoms with Gasteiger partial charge >= 0.3 is 6.03 Å². The van der Waals surface area contributed by atoms with Crippen LogP contribution in [0, 0.1) is 11.8 Å². The van der Waals surface area contributed by atoms with Crippen LogP contribution in [-0.4, -0.2) is 28.3 Å². The van der Waals surface area contributed by atoms with Crippen LogP contribution in [0.25, 0.3) is 0 Å². The smallest absolute Gasteiger partial charge is 0.333 e. The van der Waals surface area contributed by atoms with Gasteiger partial charge in [0, 0.05) is 17.7 Å². The van der Waals surface area contributed by atoms with Crippen molar-refractivity contribution in [1.29, 1.82) is 0 Å². The number of fused-ring (bicyclic) bond motifs is 2. The number of nitrogens with zero attached hydrogens (tertiary/aromatic N) is 2. The third kappa shape index (κ3) is 3.39. The Morgan fingerprint density at radius 1 is 1.22 bits per heavy atom. The molecule has 4 unspecified atom stereocenters. The average molecular weight is 368 g/mol. The summed E-state index contributed by atoms with van der Waals surface area (Å²) in [6.07, 6.45) is 8.28. The first-order chi connectivity index (χ1) is 13.0. The van der Waals surface area contributed by atoms with E-state index in [0.29, 0.717) is 12.0 Å². The van der Waals surface area contributed by atoms with Crippen molar-refractivity contribution >= 4 is 11.7 Å². The molecule has 27 heavy (non-hydrogen) atoms. The molecular weight excluding hydrogens is 334 g/mol. The normalized spacial score (nSPS) is 31.2. The number of benzene rings is 1. The molecule has 2 fully saturated rings. The molecule has 0 aromatic heterocycles. The molecule has 2 amide bonds. The molecule has 0 spiro atoms. The van der Waals surface area contributed by atoms with Gasteiger partial charge in [-0.3, -0.25) is 0 Å². The van der Waals surface area contributed by atoms with Gasteiger partial charge in [0.1, 0.15) is 0 Å². The molecule has 1 aliphatic heterocycles. The lowest BCUT2D eigenvalue weighted by Crippen LogP contribution is -2.52. The van der Waals surface area contributed by atoms with E-state index in [9.17, 15) is 4.79 Å². The van der Waals surface area contributed by atoms with Crippen molar-refractivity contribution in [3.8, 4) is 0 Å². The molecular formula is C23H33N3O. The molecule has 2 aliphatic carbocycles. The highest BCUT2D eigenvalue weighted by atomic mass is 16.2. The Labute approximate surface area is 163 Å². The summed E-state index contributed by atoms with van der Waals surface area (Å²) >= 11 is 0. The minimum absolute atomic E-state index is 0.00928. The van der Waals surface area contributed by atoms with Crippen molar-refractivity contribution in [3.63, 3.8) is 0 Å². The van der Waals surface area contributed by atoms with Gasteiger partial charge < -0.3 is 5.32 Å². The van der Waals surface area contributed by atoms with E-state index in [4.69, 9.17) is 5.10 Å². The molecule has 1 aromatic carbocycles. The SMILES string of the molecule is CCCCC1=NN(C(=O)NC2CC3CCC2C3)C(C)(C)C1c1ccccc1. The number of hydrazone groups is 1. The molecule has 0 radical (unpaired) electrons. The first-order valence-corrected chi connectivity index (χ1v) is 10.7. The molecule has 1 N–H and O–H groups in total. The number of amides is 2. The first-order valence-electron chi connectivity index (χ1n) is 10.7. The van der Waals surface area contributed by atoms with Crippen LogP contribution in [0.3, 0.4) is 0 Å². The van der Waals surface area contributed by atoms with Crippen molar-refractivity contribution in [2.75, 3.05) is 0 Å². The van der Waals surface area contributed by atoms with Gasteiger partial charge in [-0.2, -0.15) is 5.10 Å². The maximum absolute atomic E-state index is 13.2. The van der Waals surface area contributed by atoms with E-state index in [2.05, 4.69) is 50.4 Å². The standard InChI is InChI=1S/C23H33N3O/c1-4-5-11-19-21(17-9-7-6-8-10-17)23(2,3)26(25-19)22(27)24-20-15-16-12-13-18(20)14-16/h6-10,16,18,20-21H,4-5,11-15H2,1-3H3,(H,24,27). The summed E-state index contributed by atoms with van der Waals surface area (Å²) < 4.78 is 0. The Hall–Kier alpha value is -1.84. The highest BCUT2D eigenvalue weighted by Gasteiger charge is 2.48. The van der Waals surface area contributed by atoms with Crippen LogP contribution < -0.4 is 5.32 Å². The van der Waals surface area contributed by atoms with E-state index >= 15 is 0 Å². The molecule has 2 saturated carbocycles. The predicted octanol–water partition coefficient (Wildman–Crippen LogP) is 5.31. The summed E-state index contributed by atoms with van der Waals surface area (Å²) in [7, 11) is 0. The number of hydrogen-bond acceptors (Lipinski definition) is 2. The Bertz CT molecular complexity index is 712. The van der Waals surface area contributed by atoms with Crippen molar-refractivity contribution in [3.05, 3.63) is 35.9 Å². The van der Waals surface area contributed by atoms with Crippen LogP contribution in [0.4, 0.5) is 4.79 Å². The zero-order valence-corrected chi connectivity index (χ0v) is 16.9. The summed E-state index contributed by atoms with van der Waals surface area (Å²) in [5.41, 5.74) is 2.05. The van der Waals surface area contributed by atoms with Gasteiger partial charge in [0.15, 0.2) is 0 Å². The lowest BCUT2D eigenvalue weighted by Gasteiger charge is -2.36. The molecule has 0 saturated heterocycles.